The third kappa shape index (κ3) is 3.54. The third-order valence-corrected chi connectivity index (χ3v) is 1.94. The van der Waals surface area contributed by atoms with E-state index in [0.29, 0.717) is 10.8 Å². The fourth-order valence-electron chi connectivity index (χ4n) is 1.04. The van der Waals surface area contributed by atoms with Gasteiger partial charge in [0, 0.05) is 25.0 Å². The summed E-state index contributed by atoms with van der Waals surface area (Å²) in [5.41, 5.74) is 0. The zero-order chi connectivity index (χ0) is 10.6. The second-order valence-electron chi connectivity index (χ2n) is 3.21. The van der Waals surface area contributed by atoms with Crippen molar-refractivity contribution < 1.29 is 14.9 Å². The summed E-state index contributed by atoms with van der Waals surface area (Å²) in [5.74, 6) is -0.879. The average Bonchev–Trinajstić information content (AvgIpc) is 2.02. The molecule has 0 heterocycles. The number of rotatable bonds is 4. The van der Waals surface area contributed by atoms with Crippen LogP contribution in [0.25, 0.3) is 0 Å². The fraction of sp³-hybridized carbons (Fsp3) is 0.400. The second kappa shape index (κ2) is 4.64. The van der Waals surface area contributed by atoms with Crippen molar-refractivity contribution in [1.82, 2.24) is 0 Å². The summed E-state index contributed by atoms with van der Waals surface area (Å²) in [5, 5.41) is 18.8. The first-order chi connectivity index (χ1) is 6.53. The van der Waals surface area contributed by atoms with Gasteiger partial charge in [-0.2, -0.15) is 0 Å². The van der Waals surface area contributed by atoms with Crippen LogP contribution in [-0.2, 0) is 0 Å². The quantitative estimate of drug-likeness (QED) is 0.755. The molecule has 14 heavy (non-hydrogen) atoms. The summed E-state index contributed by atoms with van der Waals surface area (Å²) >= 11 is 5.74. The Morgan fingerprint density at radius 3 is 2.79 bits per heavy atom. The molecule has 3 nitrogen and oxygen atoms in total. The maximum Gasteiger partial charge on any atom is 0.207 e. The van der Waals surface area contributed by atoms with Crippen LogP contribution in [-0.4, -0.2) is 22.6 Å². The number of aliphatic hydroxyl groups is 2. The number of benzene rings is 1. The van der Waals surface area contributed by atoms with Crippen LogP contribution in [0.1, 0.15) is 13.3 Å². The summed E-state index contributed by atoms with van der Waals surface area (Å²) in [7, 11) is 0. The Morgan fingerprint density at radius 2 is 2.21 bits per heavy atom. The van der Waals surface area contributed by atoms with Crippen molar-refractivity contribution >= 4 is 11.6 Å². The third-order valence-electron chi connectivity index (χ3n) is 1.71. The number of hydrogen-bond donors (Lipinski definition) is 2. The highest BCUT2D eigenvalue weighted by Crippen LogP contribution is 2.22. The van der Waals surface area contributed by atoms with Crippen LogP contribution >= 0.6 is 11.6 Å². The topological polar surface area (TPSA) is 49.7 Å². The van der Waals surface area contributed by atoms with Crippen LogP contribution in [0.5, 0.6) is 5.75 Å². The lowest BCUT2D eigenvalue weighted by Gasteiger charge is -2.23. The summed E-state index contributed by atoms with van der Waals surface area (Å²) in [6.45, 7) is 1.36. The minimum Gasteiger partial charge on any atom is -0.463 e. The molecule has 1 aromatic carbocycles. The average molecular weight is 217 g/mol. The van der Waals surface area contributed by atoms with E-state index in [1.807, 2.05) is 0 Å². The first-order valence-electron chi connectivity index (χ1n) is 4.31. The molecule has 0 saturated heterocycles. The standard InChI is InChI=1S/C10H13ClO3/c1-10(13,5-6-12)14-9-4-2-3-8(11)7-9/h2-4,7,12-13H,5-6H2,1H3. The number of halogens is 1. The molecule has 1 atom stereocenters. The lowest BCUT2D eigenvalue weighted by atomic mass is 10.2. The SMILES string of the molecule is CC(O)(CCO)Oc1cccc(Cl)c1. The Hall–Kier alpha value is -0.770. The molecule has 0 aliphatic heterocycles. The first kappa shape index (κ1) is 11.3. The molecule has 1 unspecified atom stereocenters. The van der Waals surface area contributed by atoms with Gasteiger partial charge in [0.1, 0.15) is 5.75 Å². The van der Waals surface area contributed by atoms with Crippen molar-refractivity contribution in [3.8, 4) is 5.75 Å². The molecule has 2 N–H and O–H groups in total. The summed E-state index contributed by atoms with van der Waals surface area (Å²) in [6.07, 6.45) is 0.152. The second-order valence-corrected chi connectivity index (χ2v) is 3.64. The van der Waals surface area contributed by atoms with Crippen LogP contribution in [0.4, 0.5) is 0 Å². The fourth-order valence-corrected chi connectivity index (χ4v) is 1.22. The Kier molecular flexibility index (Phi) is 3.75. The van der Waals surface area contributed by atoms with Gasteiger partial charge in [0.2, 0.25) is 5.79 Å². The number of hydrogen-bond acceptors (Lipinski definition) is 3. The minimum absolute atomic E-state index is 0.131. The smallest absolute Gasteiger partial charge is 0.207 e. The normalized spacial score (nSPS) is 14.9. The Bertz CT molecular complexity index is 299. The van der Waals surface area contributed by atoms with Gasteiger partial charge in [-0.05, 0) is 18.2 Å². The van der Waals surface area contributed by atoms with Gasteiger partial charge < -0.3 is 14.9 Å². The molecule has 0 amide bonds. The predicted octanol–water partition coefficient (Wildman–Crippen LogP) is 1.81. The highest BCUT2D eigenvalue weighted by atomic mass is 35.5. The molecule has 0 aromatic heterocycles. The molecule has 1 rings (SSSR count). The van der Waals surface area contributed by atoms with Gasteiger partial charge in [-0.1, -0.05) is 17.7 Å². The Morgan fingerprint density at radius 1 is 1.50 bits per heavy atom. The van der Waals surface area contributed by atoms with Crippen molar-refractivity contribution in [2.75, 3.05) is 6.61 Å². The maximum absolute atomic E-state index is 9.63. The van der Waals surface area contributed by atoms with Gasteiger partial charge in [-0.3, -0.25) is 0 Å². The van der Waals surface area contributed by atoms with Crippen LogP contribution in [0.3, 0.4) is 0 Å². The lowest BCUT2D eigenvalue weighted by Crippen LogP contribution is -2.32. The van der Waals surface area contributed by atoms with E-state index in [0.717, 1.165) is 0 Å². The molecule has 4 heteroatoms. The van der Waals surface area contributed by atoms with Crippen molar-refractivity contribution in [2.24, 2.45) is 0 Å². The van der Waals surface area contributed by atoms with Gasteiger partial charge in [0.15, 0.2) is 0 Å². The largest absolute Gasteiger partial charge is 0.463 e. The van der Waals surface area contributed by atoms with Gasteiger partial charge in [0.05, 0.1) is 0 Å². The minimum atomic E-state index is -1.36. The van der Waals surface area contributed by atoms with Crippen LogP contribution in [0.15, 0.2) is 24.3 Å². The molecular weight excluding hydrogens is 204 g/mol. The molecule has 0 bridgehead atoms. The predicted molar refractivity (Wildman–Crippen MR) is 54.4 cm³/mol. The van der Waals surface area contributed by atoms with E-state index in [9.17, 15) is 5.11 Å². The zero-order valence-electron chi connectivity index (χ0n) is 7.90. The molecule has 0 radical (unpaired) electrons. The molecular formula is C10H13ClO3. The molecule has 0 fully saturated rings. The molecule has 0 spiro atoms. The molecule has 0 aliphatic carbocycles. The van der Waals surface area contributed by atoms with E-state index in [4.69, 9.17) is 21.4 Å². The maximum atomic E-state index is 9.63. The van der Waals surface area contributed by atoms with Gasteiger partial charge in [-0.25, -0.2) is 0 Å². The molecule has 0 aliphatic rings. The summed E-state index contributed by atoms with van der Waals surface area (Å²) in [4.78, 5) is 0. The van der Waals surface area contributed by atoms with Crippen molar-refractivity contribution in [3.63, 3.8) is 0 Å². The van der Waals surface area contributed by atoms with E-state index < -0.39 is 5.79 Å². The van der Waals surface area contributed by atoms with Crippen LogP contribution in [0.2, 0.25) is 5.02 Å². The molecule has 0 saturated carbocycles. The Labute approximate surface area is 87.9 Å². The highest BCUT2D eigenvalue weighted by molar-refractivity contribution is 6.30. The van der Waals surface area contributed by atoms with Crippen molar-refractivity contribution in [1.29, 1.82) is 0 Å². The zero-order valence-corrected chi connectivity index (χ0v) is 8.66. The van der Waals surface area contributed by atoms with E-state index in [2.05, 4.69) is 0 Å². The van der Waals surface area contributed by atoms with E-state index in [1.165, 1.54) is 6.92 Å². The Balaban J connectivity index is 2.68. The number of aliphatic hydroxyl groups excluding tert-OH is 1. The van der Waals surface area contributed by atoms with Gasteiger partial charge >= 0.3 is 0 Å². The van der Waals surface area contributed by atoms with E-state index >= 15 is 0 Å². The van der Waals surface area contributed by atoms with E-state index in [-0.39, 0.29) is 13.0 Å². The molecule has 78 valence electrons. The summed E-state index contributed by atoms with van der Waals surface area (Å²) in [6, 6.07) is 6.74. The van der Waals surface area contributed by atoms with Gasteiger partial charge in [0.25, 0.3) is 0 Å². The van der Waals surface area contributed by atoms with E-state index in [1.54, 1.807) is 24.3 Å². The van der Waals surface area contributed by atoms with Crippen molar-refractivity contribution in [2.45, 2.75) is 19.1 Å². The highest BCUT2D eigenvalue weighted by Gasteiger charge is 2.21. The van der Waals surface area contributed by atoms with Crippen LogP contribution in [0, 0.1) is 0 Å². The monoisotopic (exact) mass is 216 g/mol. The first-order valence-corrected chi connectivity index (χ1v) is 4.69. The summed E-state index contributed by atoms with van der Waals surface area (Å²) < 4.78 is 5.23. The lowest BCUT2D eigenvalue weighted by molar-refractivity contribution is -0.132. The number of ether oxygens (including phenoxy) is 1. The van der Waals surface area contributed by atoms with Crippen molar-refractivity contribution in [3.05, 3.63) is 29.3 Å². The van der Waals surface area contributed by atoms with Crippen LogP contribution < -0.4 is 4.74 Å². The molecule has 1 aromatic rings. The van der Waals surface area contributed by atoms with Gasteiger partial charge in [-0.15, -0.1) is 0 Å².